The van der Waals surface area contributed by atoms with Crippen LogP contribution in [0.15, 0.2) is 36.4 Å². The molecule has 2 rings (SSSR count). The van der Waals surface area contributed by atoms with Gasteiger partial charge in [-0.25, -0.2) is 0 Å². The number of aromatic hydroxyl groups is 3. The molecule has 0 fully saturated rings. The molecule has 2 aromatic rings. The summed E-state index contributed by atoms with van der Waals surface area (Å²) >= 11 is 0. The standard InChI is InChI=1S/C14H14O3/c1-2-9-7-11(14(17)13(16)8-9)10-5-3-4-6-12(10)15/h3-8,15-17H,2H2,1H3. The lowest BCUT2D eigenvalue weighted by Gasteiger charge is -2.10. The van der Waals surface area contributed by atoms with Crippen molar-refractivity contribution in [1.29, 1.82) is 0 Å². The molecular formula is C14H14O3. The van der Waals surface area contributed by atoms with Gasteiger partial charge in [-0.1, -0.05) is 25.1 Å². The van der Waals surface area contributed by atoms with E-state index in [-0.39, 0.29) is 17.2 Å². The summed E-state index contributed by atoms with van der Waals surface area (Å²) in [5, 5.41) is 29.2. The highest BCUT2D eigenvalue weighted by molar-refractivity contribution is 5.78. The lowest BCUT2D eigenvalue weighted by atomic mass is 9.99. The smallest absolute Gasteiger partial charge is 0.165 e. The van der Waals surface area contributed by atoms with E-state index in [1.165, 1.54) is 6.07 Å². The summed E-state index contributed by atoms with van der Waals surface area (Å²) in [6.45, 7) is 1.96. The molecule has 0 atom stereocenters. The van der Waals surface area contributed by atoms with E-state index in [9.17, 15) is 15.3 Å². The molecule has 0 aliphatic rings. The van der Waals surface area contributed by atoms with Gasteiger partial charge in [-0.05, 0) is 30.2 Å². The zero-order valence-electron chi connectivity index (χ0n) is 9.51. The van der Waals surface area contributed by atoms with Crippen molar-refractivity contribution in [3.63, 3.8) is 0 Å². The fourth-order valence-corrected chi connectivity index (χ4v) is 1.79. The first kappa shape index (κ1) is 11.3. The zero-order valence-corrected chi connectivity index (χ0v) is 9.51. The Labute approximate surface area is 99.6 Å². The first-order chi connectivity index (χ1) is 8.13. The van der Waals surface area contributed by atoms with Gasteiger partial charge in [0.05, 0.1) is 0 Å². The van der Waals surface area contributed by atoms with Gasteiger partial charge in [-0.15, -0.1) is 0 Å². The van der Waals surface area contributed by atoms with Crippen molar-refractivity contribution in [3.05, 3.63) is 42.0 Å². The van der Waals surface area contributed by atoms with Gasteiger partial charge in [0.25, 0.3) is 0 Å². The van der Waals surface area contributed by atoms with Crippen LogP contribution in [0.5, 0.6) is 17.2 Å². The maximum absolute atomic E-state index is 9.83. The Balaban J connectivity index is 2.67. The quantitative estimate of drug-likeness (QED) is 0.695. The van der Waals surface area contributed by atoms with Crippen molar-refractivity contribution in [1.82, 2.24) is 0 Å². The van der Waals surface area contributed by atoms with Crippen molar-refractivity contribution >= 4 is 0 Å². The monoisotopic (exact) mass is 230 g/mol. The summed E-state index contributed by atoms with van der Waals surface area (Å²) in [6.07, 6.45) is 0.744. The topological polar surface area (TPSA) is 60.7 Å². The van der Waals surface area contributed by atoms with Gasteiger partial charge >= 0.3 is 0 Å². The molecule has 0 unspecified atom stereocenters. The van der Waals surface area contributed by atoms with Crippen LogP contribution in [0, 0.1) is 0 Å². The minimum Gasteiger partial charge on any atom is -0.507 e. The third-order valence-corrected chi connectivity index (χ3v) is 2.75. The Hall–Kier alpha value is -2.16. The minimum atomic E-state index is -0.205. The van der Waals surface area contributed by atoms with E-state index in [2.05, 4.69) is 0 Å². The molecule has 3 heteroatoms. The van der Waals surface area contributed by atoms with Crippen LogP contribution in [-0.4, -0.2) is 15.3 Å². The van der Waals surface area contributed by atoms with Crippen molar-refractivity contribution in [3.8, 4) is 28.4 Å². The second kappa shape index (κ2) is 4.37. The second-order valence-corrected chi connectivity index (χ2v) is 3.88. The molecule has 2 aromatic carbocycles. The lowest BCUT2D eigenvalue weighted by molar-refractivity contribution is 0.404. The minimum absolute atomic E-state index is 0.0791. The molecule has 0 bridgehead atoms. The SMILES string of the molecule is CCc1cc(O)c(O)c(-c2ccccc2O)c1. The summed E-state index contributed by atoms with van der Waals surface area (Å²) < 4.78 is 0. The molecule has 88 valence electrons. The molecule has 0 aliphatic heterocycles. The zero-order chi connectivity index (χ0) is 12.4. The van der Waals surface area contributed by atoms with Crippen LogP contribution in [0.1, 0.15) is 12.5 Å². The predicted octanol–water partition coefficient (Wildman–Crippen LogP) is 3.03. The molecular weight excluding hydrogens is 216 g/mol. The highest BCUT2D eigenvalue weighted by atomic mass is 16.3. The molecule has 3 N–H and O–H groups in total. The number of rotatable bonds is 2. The van der Waals surface area contributed by atoms with Gasteiger partial charge in [0.2, 0.25) is 0 Å². The number of aryl methyl sites for hydroxylation is 1. The summed E-state index contributed by atoms with van der Waals surface area (Å²) in [7, 11) is 0. The maximum Gasteiger partial charge on any atom is 0.165 e. The Kier molecular flexibility index (Phi) is 2.91. The van der Waals surface area contributed by atoms with E-state index < -0.39 is 0 Å². The number of benzene rings is 2. The van der Waals surface area contributed by atoms with Crippen LogP contribution in [0.2, 0.25) is 0 Å². The Morgan fingerprint density at radius 1 is 0.882 bits per heavy atom. The number of phenols is 3. The normalized spacial score (nSPS) is 10.4. The average molecular weight is 230 g/mol. The molecule has 0 saturated heterocycles. The highest BCUT2D eigenvalue weighted by Crippen LogP contribution is 2.40. The van der Waals surface area contributed by atoms with E-state index in [1.54, 1.807) is 30.3 Å². The van der Waals surface area contributed by atoms with Crippen LogP contribution >= 0.6 is 0 Å². The van der Waals surface area contributed by atoms with Crippen molar-refractivity contribution in [2.45, 2.75) is 13.3 Å². The van der Waals surface area contributed by atoms with Crippen LogP contribution < -0.4 is 0 Å². The number of hydrogen-bond acceptors (Lipinski definition) is 3. The van der Waals surface area contributed by atoms with E-state index in [1.807, 2.05) is 6.92 Å². The van der Waals surface area contributed by atoms with E-state index >= 15 is 0 Å². The van der Waals surface area contributed by atoms with Crippen LogP contribution in [0.25, 0.3) is 11.1 Å². The first-order valence-corrected chi connectivity index (χ1v) is 5.46. The highest BCUT2D eigenvalue weighted by Gasteiger charge is 2.13. The lowest BCUT2D eigenvalue weighted by Crippen LogP contribution is -1.86. The van der Waals surface area contributed by atoms with E-state index in [0.29, 0.717) is 11.1 Å². The van der Waals surface area contributed by atoms with Crippen molar-refractivity contribution < 1.29 is 15.3 Å². The Bertz CT molecular complexity index is 547. The predicted molar refractivity (Wildman–Crippen MR) is 66.3 cm³/mol. The molecule has 17 heavy (non-hydrogen) atoms. The Morgan fingerprint density at radius 3 is 2.24 bits per heavy atom. The van der Waals surface area contributed by atoms with Crippen molar-refractivity contribution in [2.75, 3.05) is 0 Å². The van der Waals surface area contributed by atoms with Crippen LogP contribution in [0.4, 0.5) is 0 Å². The number of hydrogen-bond donors (Lipinski definition) is 3. The molecule has 0 heterocycles. The molecule has 0 aromatic heterocycles. The first-order valence-electron chi connectivity index (χ1n) is 5.46. The summed E-state index contributed by atoms with van der Waals surface area (Å²) in [5.74, 6) is -0.290. The molecule has 0 aliphatic carbocycles. The fraction of sp³-hybridized carbons (Fsp3) is 0.143. The number of para-hydroxylation sites is 1. The average Bonchev–Trinajstić information content (AvgIpc) is 2.33. The van der Waals surface area contributed by atoms with Gasteiger partial charge in [-0.3, -0.25) is 0 Å². The van der Waals surface area contributed by atoms with Gasteiger partial charge < -0.3 is 15.3 Å². The number of phenolic OH excluding ortho intramolecular Hbond substituents is 3. The van der Waals surface area contributed by atoms with E-state index in [0.717, 1.165) is 12.0 Å². The van der Waals surface area contributed by atoms with Gasteiger partial charge in [-0.2, -0.15) is 0 Å². The van der Waals surface area contributed by atoms with Gasteiger partial charge in [0.1, 0.15) is 5.75 Å². The summed E-state index contributed by atoms with van der Waals surface area (Å²) in [5.41, 5.74) is 1.86. The van der Waals surface area contributed by atoms with Crippen LogP contribution in [0.3, 0.4) is 0 Å². The summed E-state index contributed by atoms with van der Waals surface area (Å²) in [6, 6.07) is 10.0. The molecule has 0 saturated carbocycles. The maximum atomic E-state index is 9.83. The molecule has 3 nitrogen and oxygen atoms in total. The third kappa shape index (κ3) is 2.04. The van der Waals surface area contributed by atoms with Crippen molar-refractivity contribution in [2.24, 2.45) is 0 Å². The molecule has 0 spiro atoms. The van der Waals surface area contributed by atoms with E-state index in [4.69, 9.17) is 0 Å². The Morgan fingerprint density at radius 2 is 1.59 bits per heavy atom. The third-order valence-electron chi connectivity index (χ3n) is 2.75. The molecule has 0 radical (unpaired) electrons. The molecule has 0 amide bonds. The second-order valence-electron chi connectivity index (χ2n) is 3.88. The fourth-order valence-electron chi connectivity index (χ4n) is 1.79. The largest absolute Gasteiger partial charge is 0.507 e. The van der Waals surface area contributed by atoms with Gasteiger partial charge in [0, 0.05) is 11.1 Å². The van der Waals surface area contributed by atoms with Crippen LogP contribution in [-0.2, 0) is 6.42 Å². The van der Waals surface area contributed by atoms with Gasteiger partial charge in [0.15, 0.2) is 11.5 Å². The summed E-state index contributed by atoms with van der Waals surface area (Å²) in [4.78, 5) is 0.